The molecule has 1 N–H and O–H groups in total. The number of carbonyl (C=O) groups excluding carboxylic acids is 1. The van der Waals surface area contributed by atoms with Gasteiger partial charge in [0.25, 0.3) is 5.91 Å². The second kappa shape index (κ2) is 10.1. The first-order chi connectivity index (χ1) is 16.6. The Balaban J connectivity index is 1.38. The average Bonchev–Trinajstić information content (AvgIpc) is 3.60. The van der Waals surface area contributed by atoms with E-state index in [0.717, 1.165) is 58.9 Å². The van der Waals surface area contributed by atoms with Gasteiger partial charge in [-0.1, -0.05) is 23.7 Å². The zero-order valence-corrected chi connectivity index (χ0v) is 20.6. The zero-order valence-electron chi connectivity index (χ0n) is 19.0. The Morgan fingerprint density at radius 3 is 2.76 bits per heavy atom. The van der Waals surface area contributed by atoms with Gasteiger partial charge in [-0.25, -0.2) is 10.4 Å². The van der Waals surface area contributed by atoms with E-state index in [9.17, 15) is 4.79 Å². The molecule has 174 valence electrons. The fourth-order valence-electron chi connectivity index (χ4n) is 4.33. The molecule has 0 aliphatic carbocycles. The lowest BCUT2D eigenvalue weighted by Gasteiger charge is -2.11. The Hall–Kier alpha value is -3.00. The molecule has 6 nitrogen and oxygen atoms in total. The number of carbonyl (C=O) groups is 1. The Labute approximate surface area is 207 Å². The molecule has 0 saturated carbocycles. The monoisotopic (exact) mass is 491 g/mol. The van der Waals surface area contributed by atoms with Crippen LogP contribution in [0.2, 0.25) is 5.02 Å². The van der Waals surface area contributed by atoms with Crippen LogP contribution < -0.4 is 5.43 Å². The van der Waals surface area contributed by atoms with E-state index in [0.29, 0.717) is 10.6 Å². The highest BCUT2D eigenvalue weighted by Gasteiger charge is 2.17. The minimum Gasteiger partial charge on any atom is -0.347 e. The summed E-state index contributed by atoms with van der Waals surface area (Å²) in [4.78, 5) is 20.3. The fraction of sp³-hybridized carbons (Fsp3) is 0.269. The largest absolute Gasteiger partial charge is 0.347 e. The topological polar surface area (TPSA) is 62.5 Å². The average molecular weight is 492 g/mol. The number of hydrogen-bond acceptors (Lipinski definition) is 5. The molecule has 1 saturated heterocycles. The maximum Gasteiger partial charge on any atom is 0.273 e. The second-order valence-corrected chi connectivity index (χ2v) is 9.73. The molecule has 1 aliphatic heterocycles. The van der Waals surface area contributed by atoms with E-state index in [1.807, 2.05) is 18.3 Å². The van der Waals surface area contributed by atoms with Gasteiger partial charge in [-0.05, 0) is 68.8 Å². The lowest BCUT2D eigenvalue weighted by molar-refractivity contribution is 0.0956. The third-order valence-corrected chi connectivity index (χ3v) is 7.29. The van der Waals surface area contributed by atoms with E-state index in [1.54, 1.807) is 29.7 Å². The van der Waals surface area contributed by atoms with Crippen molar-refractivity contribution in [2.24, 2.45) is 5.10 Å². The van der Waals surface area contributed by atoms with E-state index in [2.05, 4.69) is 50.5 Å². The smallest absolute Gasteiger partial charge is 0.273 e. The maximum atomic E-state index is 13.0. The lowest BCUT2D eigenvalue weighted by Crippen LogP contribution is -2.18. The number of halogens is 1. The fourth-order valence-corrected chi connectivity index (χ4v) is 5.26. The molecule has 0 bridgehead atoms. The van der Waals surface area contributed by atoms with Gasteiger partial charge >= 0.3 is 0 Å². The molecule has 2 aromatic carbocycles. The summed E-state index contributed by atoms with van der Waals surface area (Å²) in [5, 5.41) is 8.81. The van der Waals surface area contributed by atoms with Gasteiger partial charge in [0, 0.05) is 46.2 Å². The first-order valence-corrected chi connectivity index (χ1v) is 12.8. The van der Waals surface area contributed by atoms with Crippen molar-refractivity contribution in [2.45, 2.75) is 32.9 Å². The molecule has 5 rings (SSSR count). The van der Waals surface area contributed by atoms with E-state index < -0.39 is 0 Å². The number of aryl methyl sites for hydroxylation is 1. The van der Waals surface area contributed by atoms with E-state index in [4.69, 9.17) is 16.6 Å². The third-order valence-electron chi connectivity index (χ3n) is 6.10. The number of nitrogens with one attached hydrogen (secondary N) is 1. The molecule has 2 aromatic heterocycles. The van der Waals surface area contributed by atoms with Crippen LogP contribution >= 0.6 is 22.9 Å². The summed E-state index contributed by atoms with van der Waals surface area (Å²) in [6, 6.07) is 13.5. The summed E-state index contributed by atoms with van der Waals surface area (Å²) in [6.45, 7) is 6.06. The number of likely N-dealkylation sites (tertiary alicyclic amines) is 1. The Bertz CT molecular complexity index is 1340. The van der Waals surface area contributed by atoms with Crippen molar-refractivity contribution in [2.75, 3.05) is 13.1 Å². The molecule has 0 unspecified atom stereocenters. The van der Waals surface area contributed by atoms with Crippen LogP contribution in [0.15, 0.2) is 59.1 Å². The highest BCUT2D eigenvalue weighted by Crippen LogP contribution is 2.30. The van der Waals surface area contributed by atoms with Crippen molar-refractivity contribution in [1.29, 1.82) is 0 Å². The van der Waals surface area contributed by atoms with E-state index in [1.165, 1.54) is 12.8 Å². The molecule has 1 fully saturated rings. The Morgan fingerprint density at radius 1 is 1.21 bits per heavy atom. The standard InChI is InChI=1S/C26H26ClN5OS/c1-2-32-16-23(25(33)30-28-14-18-5-8-20(27)9-6-18)22-13-19(7-10-24(22)32)26-29-21(17-34-26)15-31-11-3-4-12-31/h5-10,13-14,16-17H,2-4,11-12,15H2,1H3,(H,30,33)/b28-14+. The number of hydrogen-bond donors (Lipinski definition) is 1. The number of amides is 1. The van der Waals surface area contributed by atoms with Crippen molar-refractivity contribution in [3.05, 3.63) is 75.9 Å². The van der Waals surface area contributed by atoms with Crippen LogP contribution in [0, 0.1) is 0 Å². The van der Waals surface area contributed by atoms with Crippen LogP contribution in [-0.2, 0) is 13.1 Å². The van der Waals surface area contributed by atoms with Crippen LogP contribution in [-0.4, -0.2) is 39.7 Å². The molecular weight excluding hydrogens is 466 g/mol. The van der Waals surface area contributed by atoms with Crippen molar-refractivity contribution < 1.29 is 4.79 Å². The minimum absolute atomic E-state index is 0.242. The quantitative estimate of drug-likeness (QED) is 0.262. The molecule has 0 spiro atoms. The first-order valence-electron chi connectivity index (χ1n) is 11.5. The van der Waals surface area contributed by atoms with Gasteiger partial charge < -0.3 is 4.57 Å². The summed E-state index contributed by atoms with van der Waals surface area (Å²) in [5.41, 5.74) is 7.28. The number of hydrazone groups is 1. The van der Waals surface area contributed by atoms with Gasteiger partial charge in [-0.2, -0.15) is 5.10 Å². The molecule has 8 heteroatoms. The highest BCUT2D eigenvalue weighted by atomic mass is 35.5. The van der Waals surface area contributed by atoms with Gasteiger partial charge in [0.1, 0.15) is 5.01 Å². The normalized spacial score (nSPS) is 14.4. The summed E-state index contributed by atoms with van der Waals surface area (Å²) >= 11 is 7.58. The number of rotatable bonds is 7. The summed E-state index contributed by atoms with van der Waals surface area (Å²) in [6.07, 6.45) is 6.05. The Kier molecular flexibility index (Phi) is 6.76. The molecule has 3 heterocycles. The number of benzene rings is 2. The molecule has 1 amide bonds. The van der Waals surface area contributed by atoms with Gasteiger partial charge in [0.15, 0.2) is 0 Å². The van der Waals surface area contributed by atoms with E-state index in [-0.39, 0.29) is 5.91 Å². The molecule has 1 aliphatic rings. The number of nitrogens with zero attached hydrogens (tertiary/aromatic N) is 4. The van der Waals surface area contributed by atoms with Crippen molar-refractivity contribution in [1.82, 2.24) is 19.9 Å². The summed E-state index contributed by atoms with van der Waals surface area (Å²) in [5.74, 6) is -0.242. The SMILES string of the molecule is CCn1cc(C(=O)N/N=C/c2ccc(Cl)cc2)c2cc(-c3nc(CN4CCCC4)cs3)ccc21. The number of aromatic nitrogens is 2. The molecule has 34 heavy (non-hydrogen) atoms. The zero-order chi connectivity index (χ0) is 23.5. The maximum absolute atomic E-state index is 13.0. The summed E-state index contributed by atoms with van der Waals surface area (Å²) < 4.78 is 2.08. The van der Waals surface area contributed by atoms with Crippen LogP contribution in [0.5, 0.6) is 0 Å². The van der Waals surface area contributed by atoms with Gasteiger partial charge in [-0.15, -0.1) is 11.3 Å². The third kappa shape index (κ3) is 4.92. The first kappa shape index (κ1) is 22.8. The van der Waals surface area contributed by atoms with Crippen molar-refractivity contribution in [3.63, 3.8) is 0 Å². The van der Waals surface area contributed by atoms with Crippen LogP contribution in [0.4, 0.5) is 0 Å². The lowest BCUT2D eigenvalue weighted by atomic mass is 10.1. The van der Waals surface area contributed by atoms with Crippen LogP contribution in [0.1, 0.15) is 41.4 Å². The second-order valence-electron chi connectivity index (χ2n) is 8.44. The minimum atomic E-state index is -0.242. The van der Waals surface area contributed by atoms with Gasteiger partial charge in [0.2, 0.25) is 0 Å². The number of fused-ring (bicyclic) bond motifs is 1. The number of thiazole rings is 1. The van der Waals surface area contributed by atoms with Crippen LogP contribution in [0.25, 0.3) is 21.5 Å². The molecule has 0 radical (unpaired) electrons. The predicted octanol–water partition coefficient (Wildman–Crippen LogP) is 5.80. The predicted molar refractivity (Wildman–Crippen MR) is 140 cm³/mol. The van der Waals surface area contributed by atoms with Crippen molar-refractivity contribution in [3.8, 4) is 10.6 Å². The van der Waals surface area contributed by atoms with Crippen LogP contribution in [0.3, 0.4) is 0 Å². The Morgan fingerprint density at radius 2 is 2.00 bits per heavy atom. The molecular formula is C26H26ClN5OS. The van der Waals surface area contributed by atoms with Crippen molar-refractivity contribution >= 4 is 46.0 Å². The molecule has 0 atom stereocenters. The van der Waals surface area contributed by atoms with E-state index >= 15 is 0 Å². The summed E-state index contributed by atoms with van der Waals surface area (Å²) in [7, 11) is 0. The molecule has 4 aromatic rings. The van der Waals surface area contributed by atoms with Gasteiger partial charge in [-0.3, -0.25) is 9.69 Å². The highest BCUT2D eigenvalue weighted by molar-refractivity contribution is 7.13. The van der Waals surface area contributed by atoms with Gasteiger partial charge in [0.05, 0.1) is 17.5 Å².